The first-order valence-corrected chi connectivity index (χ1v) is 6.81. The van der Waals surface area contributed by atoms with Gasteiger partial charge in [-0.15, -0.1) is 11.3 Å². The monoisotopic (exact) mass is 253 g/mol. The van der Waals surface area contributed by atoms with Crippen LogP contribution in [0.5, 0.6) is 0 Å². The third-order valence-electron chi connectivity index (χ3n) is 1.69. The van der Waals surface area contributed by atoms with Gasteiger partial charge in [0.2, 0.25) is 0 Å². The second-order valence-corrected chi connectivity index (χ2v) is 6.22. The molecule has 78 valence electrons. The van der Waals surface area contributed by atoms with Gasteiger partial charge in [-0.3, -0.25) is 4.79 Å². The van der Waals surface area contributed by atoms with E-state index in [9.17, 15) is 13.2 Å². The zero-order chi connectivity index (χ0) is 10.9. The average Bonchev–Trinajstić information content (AvgIpc) is 2.45. The highest BCUT2D eigenvalue weighted by Gasteiger charge is 2.21. The van der Waals surface area contributed by atoms with Gasteiger partial charge < -0.3 is 5.32 Å². The van der Waals surface area contributed by atoms with Crippen molar-refractivity contribution < 1.29 is 13.2 Å². The van der Waals surface area contributed by atoms with Gasteiger partial charge in [-0.25, -0.2) is 8.42 Å². The second kappa shape index (κ2) is 3.88. The van der Waals surface area contributed by atoms with Crippen LogP contribution in [0.1, 0.15) is 15.9 Å². The number of rotatable bonds is 2. The summed E-state index contributed by atoms with van der Waals surface area (Å²) in [5.41, 5.74) is 0.737. The highest BCUT2D eigenvalue weighted by molar-refractivity contribution is 8.15. The van der Waals surface area contributed by atoms with E-state index in [1.54, 1.807) is 6.92 Å². The van der Waals surface area contributed by atoms with E-state index < -0.39 is 9.05 Å². The smallest absolute Gasteiger partial charge is 0.271 e. The van der Waals surface area contributed by atoms with Crippen molar-refractivity contribution in [1.29, 1.82) is 0 Å². The number of hydrogen-bond donors (Lipinski definition) is 1. The molecule has 0 fully saturated rings. The lowest BCUT2D eigenvalue weighted by molar-refractivity contribution is 0.0963. The van der Waals surface area contributed by atoms with E-state index in [4.69, 9.17) is 10.7 Å². The summed E-state index contributed by atoms with van der Waals surface area (Å²) in [7, 11) is 2.91. The zero-order valence-corrected chi connectivity index (χ0v) is 9.89. The van der Waals surface area contributed by atoms with Crippen molar-refractivity contribution in [2.24, 2.45) is 0 Å². The van der Waals surface area contributed by atoms with E-state index in [1.165, 1.54) is 12.4 Å². The number of amides is 1. The molecule has 0 aliphatic heterocycles. The lowest BCUT2D eigenvalue weighted by Gasteiger charge is -1.98. The number of halogens is 1. The van der Waals surface area contributed by atoms with Crippen LogP contribution in [0.4, 0.5) is 0 Å². The van der Waals surface area contributed by atoms with Crippen LogP contribution in [-0.4, -0.2) is 21.4 Å². The lowest BCUT2D eigenvalue weighted by Crippen LogP contribution is -2.18. The van der Waals surface area contributed by atoms with Crippen LogP contribution >= 0.6 is 22.0 Å². The fourth-order valence-corrected chi connectivity index (χ4v) is 3.55. The Morgan fingerprint density at radius 1 is 1.57 bits per heavy atom. The molecule has 0 bridgehead atoms. The molecule has 0 spiro atoms. The normalized spacial score (nSPS) is 11.4. The summed E-state index contributed by atoms with van der Waals surface area (Å²) in [6.45, 7) is 1.55. The number of carbonyl (C=O) groups is 1. The Morgan fingerprint density at radius 3 is 2.50 bits per heavy atom. The standard InChI is InChI=1S/C7H8ClNO3S2/c1-4-5(6(10)9-2)3-13-7(4)14(8,11)12/h3H,1-2H3,(H,9,10). The van der Waals surface area contributed by atoms with Gasteiger partial charge in [0.05, 0.1) is 5.56 Å². The molecule has 14 heavy (non-hydrogen) atoms. The Bertz CT molecular complexity index is 463. The fraction of sp³-hybridized carbons (Fsp3) is 0.286. The first-order chi connectivity index (χ1) is 6.38. The second-order valence-electron chi connectivity index (χ2n) is 2.58. The third kappa shape index (κ3) is 2.08. The molecule has 7 heteroatoms. The zero-order valence-electron chi connectivity index (χ0n) is 7.50. The van der Waals surface area contributed by atoms with E-state index in [1.807, 2.05) is 0 Å². The maximum absolute atomic E-state index is 11.2. The lowest BCUT2D eigenvalue weighted by atomic mass is 10.2. The third-order valence-corrected chi connectivity index (χ3v) is 4.99. The maximum Gasteiger partial charge on any atom is 0.271 e. The van der Waals surface area contributed by atoms with Crippen LogP contribution in [0.25, 0.3) is 0 Å². The summed E-state index contributed by atoms with van der Waals surface area (Å²) in [5.74, 6) is -0.315. The molecule has 1 aromatic rings. The summed E-state index contributed by atoms with van der Waals surface area (Å²) >= 11 is 0.946. The molecule has 0 aliphatic carbocycles. The van der Waals surface area contributed by atoms with Gasteiger partial charge in [-0.05, 0) is 12.5 Å². The van der Waals surface area contributed by atoms with Gasteiger partial charge in [-0.2, -0.15) is 0 Å². The van der Waals surface area contributed by atoms with Gasteiger partial charge >= 0.3 is 0 Å². The van der Waals surface area contributed by atoms with Gasteiger partial charge in [0.15, 0.2) is 0 Å². The Hall–Kier alpha value is -0.590. The first-order valence-electron chi connectivity index (χ1n) is 3.62. The topological polar surface area (TPSA) is 63.2 Å². The van der Waals surface area contributed by atoms with Crippen molar-refractivity contribution in [2.75, 3.05) is 7.05 Å². The molecule has 0 aliphatic rings. The Balaban J connectivity index is 3.29. The van der Waals surface area contributed by atoms with Crippen LogP contribution in [0, 0.1) is 6.92 Å². The molecule has 0 saturated carbocycles. The van der Waals surface area contributed by atoms with E-state index in [0.29, 0.717) is 11.1 Å². The molecule has 1 heterocycles. The molecule has 0 unspecified atom stereocenters. The molecule has 0 aromatic carbocycles. The number of thiophene rings is 1. The minimum atomic E-state index is -3.74. The molecular weight excluding hydrogens is 246 g/mol. The van der Waals surface area contributed by atoms with Crippen molar-refractivity contribution in [3.8, 4) is 0 Å². The van der Waals surface area contributed by atoms with Crippen molar-refractivity contribution >= 4 is 37.0 Å². The quantitative estimate of drug-likeness (QED) is 0.809. The molecule has 0 atom stereocenters. The SMILES string of the molecule is CNC(=O)c1csc(S(=O)(=O)Cl)c1C. The average molecular weight is 254 g/mol. The van der Waals surface area contributed by atoms with Gasteiger partial charge in [-0.1, -0.05) is 0 Å². The Kier molecular flexibility index (Phi) is 3.18. The summed E-state index contributed by atoms with van der Waals surface area (Å²) in [6.07, 6.45) is 0. The van der Waals surface area contributed by atoms with Crippen LogP contribution in [-0.2, 0) is 9.05 Å². The van der Waals surface area contributed by atoms with Crippen LogP contribution in [0.3, 0.4) is 0 Å². The minimum Gasteiger partial charge on any atom is -0.355 e. The van der Waals surface area contributed by atoms with Crippen molar-refractivity contribution in [2.45, 2.75) is 11.1 Å². The predicted molar refractivity (Wildman–Crippen MR) is 55.5 cm³/mol. The van der Waals surface area contributed by atoms with Crippen LogP contribution in [0.2, 0.25) is 0 Å². The van der Waals surface area contributed by atoms with Gasteiger partial charge in [0, 0.05) is 23.1 Å². The molecule has 1 rings (SSSR count). The maximum atomic E-state index is 11.2. The largest absolute Gasteiger partial charge is 0.355 e. The van der Waals surface area contributed by atoms with Gasteiger partial charge in [0.25, 0.3) is 15.0 Å². The number of carbonyl (C=O) groups excluding carboxylic acids is 1. The highest BCUT2D eigenvalue weighted by atomic mass is 35.7. The van der Waals surface area contributed by atoms with E-state index in [-0.39, 0.29) is 10.1 Å². The molecule has 0 radical (unpaired) electrons. The molecule has 1 N–H and O–H groups in total. The van der Waals surface area contributed by atoms with E-state index in [0.717, 1.165) is 11.3 Å². The van der Waals surface area contributed by atoms with Crippen molar-refractivity contribution in [3.05, 3.63) is 16.5 Å². The summed E-state index contributed by atoms with van der Waals surface area (Å²) in [4.78, 5) is 11.2. The molecule has 4 nitrogen and oxygen atoms in total. The fourth-order valence-electron chi connectivity index (χ4n) is 0.998. The number of nitrogens with one attached hydrogen (secondary N) is 1. The van der Waals surface area contributed by atoms with Crippen LogP contribution in [0.15, 0.2) is 9.59 Å². The summed E-state index contributed by atoms with van der Waals surface area (Å²) < 4.78 is 22.1. The van der Waals surface area contributed by atoms with Crippen molar-refractivity contribution in [1.82, 2.24) is 5.32 Å². The predicted octanol–water partition coefficient (Wildman–Crippen LogP) is 1.34. The van der Waals surface area contributed by atoms with Crippen LogP contribution < -0.4 is 5.32 Å². The van der Waals surface area contributed by atoms with Crippen molar-refractivity contribution in [3.63, 3.8) is 0 Å². The first kappa shape index (κ1) is 11.5. The van der Waals surface area contributed by atoms with E-state index >= 15 is 0 Å². The molecular formula is C7H8ClNO3S2. The minimum absolute atomic E-state index is 0.0257. The summed E-state index contributed by atoms with van der Waals surface area (Å²) in [5, 5.41) is 3.89. The molecule has 1 aromatic heterocycles. The number of hydrogen-bond acceptors (Lipinski definition) is 4. The highest BCUT2D eigenvalue weighted by Crippen LogP contribution is 2.29. The van der Waals surface area contributed by atoms with E-state index in [2.05, 4.69) is 5.32 Å². The Labute approximate surface area is 90.3 Å². The van der Waals surface area contributed by atoms with Gasteiger partial charge in [0.1, 0.15) is 4.21 Å². The summed E-state index contributed by atoms with van der Waals surface area (Å²) in [6, 6.07) is 0. The molecule has 0 saturated heterocycles. The molecule has 1 amide bonds. The Morgan fingerprint density at radius 2 is 2.14 bits per heavy atom.